The van der Waals surface area contributed by atoms with Crippen LogP contribution in [0.2, 0.25) is 0 Å². The Hall–Kier alpha value is -1.91. The summed E-state index contributed by atoms with van der Waals surface area (Å²) in [7, 11) is 1.52. The van der Waals surface area contributed by atoms with Crippen LogP contribution in [0.25, 0.3) is 0 Å². The molecular formula is C11H16N2O3. The number of methoxy groups -OCH3 is 1. The SMILES string of the molecule is CCNC(=O)COc1ccc(N)cc1OC. The molecule has 0 aliphatic carbocycles. The van der Waals surface area contributed by atoms with E-state index >= 15 is 0 Å². The summed E-state index contributed by atoms with van der Waals surface area (Å²) in [6.45, 7) is 2.40. The molecule has 0 aliphatic heterocycles. The van der Waals surface area contributed by atoms with Gasteiger partial charge in [-0.2, -0.15) is 0 Å². The fourth-order valence-electron chi connectivity index (χ4n) is 1.19. The van der Waals surface area contributed by atoms with E-state index in [4.69, 9.17) is 15.2 Å². The van der Waals surface area contributed by atoms with Gasteiger partial charge in [-0.3, -0.25) is 4.79 Å². The third-order valence-electron chi connectivity index (χ3n) is 1.92. The highest BCUT2D eigenvalue weighted by atomic mass is 16.5. The molecule has 0 fully saturated rings. The van der Waals surface area contributed by atoms with Gasteiger partial charge in [0.1, 0.15) is 0 Å². The van der Waals surface area contributed by atoms with E-state index in [2.05, 4.69) is 5.32 Å². The van der Waals surface area contributed by atoms with Crippen LogP contribution in [0.15, 0.2) is 18.2 Å². The molecule has 1 rings (SSSR count). The van der Waals surface area contributed by atoms with Crippen LogP contribution < -0.4 is 20.5 Å². The second-order valence-electron chi connectivity index (χ2n) is 3.15. The molecule has 0 aromatic heterocycles. The molecule has 0 bridgehead atoms. The number of anilines is 1. The van der Waals surface area contributed by atoms with Crippen LogP contribution in [0.5, 0.6) is 11.5 Å². The number of nitrogens with two attached hydrogens (primary N) is 1. The minimum absolute atomic E-state index is 0.0336. The summed E-state index contributed by atoms with van der Waals surface area (Å²) in [5, 5.41) is 2.64. The van der Waals surface area contributed by atoms with Gasteiger partial charge in [0.25, 0.3) is 5.91 Å². The maximum Gasteiger partial charge on any atom is 0.257 e. The molecule has 0 atom stereocenters. The van der Waals surface area contributed by atoms with E-state index in [1.165, 1.54) is 7.11 Å². The van der Waals surface area contributed by atoms with E-state index in [1.807, 2.05) is 6.92 Å². The molecule has 0 unspecified atom stereocenters. The molecule has 0 saturated carbocycles. The zero-order chi connectivity index (χ0) is 12.0. The molecule has 3 N–H and O–H groups in total. The molecule has 0 heterocycles. The van der Waals surface area contributed by atoms with Gasteiger partial charge in [0.2, 0.25) is 0 Å². The smallest absolute Gasteiger partial charge is 0.257 e. The Morgan fingerprint density at radius 2 is 2.19 bits per heavy atom. The van der Waals surface area contributed by atoms with Gasteiger partial charge in [0.15, 0.2) is 18.1 Å². The van der Waals surface area contributed by atoms with Crippen LogP contribution in [0.3, 0.4) is 0 Å². The van der Waals surface area contributed by atoms with E-state index in [0.717, 1.165) is 0 Å². The fraction of sp³-hybridized carbons (Fsp3) is 0.364. The van der Waals surface area contributed by atoms with Gasteiger partial charge in [0.05, 0.1) is 7.11 Å². The Balaban J connectivity index is 2.63. The Morgan fingerprint density at radius 3 is 2.81 bits per heavy atom. The number of rotatable bonds is 5. The van der Waals surface area contributed by atoms with E-state index in [9.17, 15) is 4.79 Å². The minimum atomic E-state index is -0.165. The lowest BCUT2D eigenvalue weighted by Gasteiger charge is -2.10. The summed E-state index contributed by atoms with van der Waals surface area (Å²) in [6.07, 6.45) is 0. The van der Waals surface area contributed by atoms with E-state index in [-0.39, 0.29) is 12.5 Å². The van der Waals surface area contributed by atoms with Crippen molar-refractivity contribution in [3.05, 3.63) is 18.2 Å². The third kappa shape index (κ3) is 3.34. The van der Waals surface area contributed by atoms with Crippen molar-refractivity contribution >= 4 is 11.6 Å². The average Bonchev–Trinajstić information content (AvgIpc) is 2.27. The van der Waals surface area contributed by atoms with Gasteiger partial charge in [-0.25, -0.2) is 0 Å². The van der Waals surface area contributed by atoms with Crippen molar-refractivity contribution in [3.8, 4) is 11.5 Å². The van der Waals surface area contributed by atoms with Crippen molar-refractivity contribution in [2.24, 2.45) is 0 Å². The molecule has 0 radical (unpaired) electrons. The van der Waals surface area contributed by atoms with Crippen LogP contribution >= 0.6 is 0 Å². The number of carbonyl (C=O) groups is 1. The first-order valence-electron chi connectivity index (χ1n) is 5.00. The highest BCUT2D eigenvalue weighted by Gasteiger charge is 2.06. The maximum atomic E-state index is 11.2. The zero-order valence-corrected chi connectivity index (χ0v) is 9.45. The first-order valence-corrected chi connectivity index (χ1v) is 5.00. The summed E-state index contributed by atoms with van der Waals surface area (Å²) in [5.74, 6) is 0.855. The van der Waals surface area contributed by atoms with Crippen LogP contribution in [0, 0.1) is 0 Å². The zero-order valence-electron chi connectivity index (χ0n) is 9.45. The number of likely N-dealkylation sites (N-methyl/N-ethyl adjacent to an activating group) is 1. The molecule has 0 saturated heterocycles. The predicted octanol–water partition coefficient (Wildman–Crippen LogP) is 0.792. The monoisotopic (exact) mass is 224 g/mol. The van der Waals surface area contributed by atoms with Gasteiger partial charge in [-0.15, -0.1) is 0 Å². The number of nitrogen functional groups attached to an aromatic ring is 1. The Kier molecular flexibility index (Phi) is 4.44. The minimum Gasteiger partial charge on any atom is -0.493 e. The second-order valence-corrected chi connectivity index (χ2v) is 3.15. The largest absolute Gasteiger partial charge is 0.493 e. The van der Waals surface area contributed by atoms with E-state index in [1.54, 1.807) is 18.2 Å². The fourth-order valence-corrected chi connectivity index (χ4v) is 1.19. The predicted molar refractivity (Wildman–Crippen MR) is 61.6 cm³/mol. The molecule has 0 aliphatic rings. The number of benzene rings is 1. The molecule has 1 aromatic rings. The molecule has 16 heavy (non-hydrogen) atoms. The quantitative estimate of drug-likeness (QED) is 0.725. The van der Waals surface area contributed by atoms with Crippen molar-refractivity contribution in [2.75, 3.05) is 26.0 Å². The van der Waals surface area contributed by atoms with Crippen molar-refractivity contribution in [1.82, 2.24) is 5.32 Å². The Bertz CT molecular complexity index is 366. The maximum absolute atomic E-state index is 11.2. The number of nitrogens with one attached hydrogen (secondary N) is 1. The number of ether oxygens (including phenoxy) is 2. The summed E-state index contributed by atoms with van der Waals surface area (Å²) < 4.78 is 10.4. The summed E-state index contributed by atoms with van der Waals surface area (Å²) in [6, 6.07) is 5.01. The number of carbonyl (C=O) groups excluding carboxylic acids is 1. The average molecular weight is 224 g/mol. The topological polar surface area (TPSA) is 73.6 Å². The summed E-state index contributed by atoms with van der Waals surface area (Å²) >= 11 is 0. The number of hydrogen-bond acceptors (Lipinski definition) is 4. The van der Waals surface area contributed by atoms with Crippen molar-refractivity contribution in [1.29, 1.82) is 0 Å². The normalized spacial score (nSPS) is 9.62. The van der Waals surface area contributed by atoms with E-state index in [0.29, 0.717) is 23.7 Å². The summed E-state index contributed by atoms with van der Waals surface area (Å²) in [4.78, 5) is 11.2. The molecular weight excluding hydrogens is 208 g/mol. The molecule has 1 amide bonds. The third-order valence-corrected chi connectivity index (χ3v) is 1.92. The standard InChI is InChI=1S/C11H16N2O3/c1-3-13-11(14)7-16-9-5-4-8(12)6-10(9)15-2/h4-6H,3,7,12H2,1-2H3,(H,13,14). The number of hydrogen-bond donors (Lipinski definition) is 2. The van der Waals surface area contributed by atoms with Crippen LogP contribution in [-0.2, 0) is 4.79 Å². The van der Waals surface area contributed by atoms with Crippen LogP contribution in [-0.4, -0.2) is 26.2 Å². The second kappa shape index (κ2) is 5.85. The van der Waals surface area contributed by atoms with Crippen molar-refractivity contribution < 1.29 is 14.3 Å². The lowest BCUT2D eigenvalue weighted by molar-refractivity contribution is -0.123. The number of amides is 1. The van der Waals surface area contributed by atoms with Crippen molar-refractivity contribution in [2.45, 2.75) is 6.92 Å². The molecule has 88 valence electrons. The van der Waals surface area contributed by atoms with Gasteiger partial charge in [-0.05, 0) is 19.1 Å². The van der Waals surface area contributed by atoms with E-state index < -0.39 is 0 Å². The first kappa shape index (κ1) is 12.2. The highest BCUT2D eigenvalue weighted by molar-refractivity contribution is 5.77. The van der Waals surface area contributed by atoms with Gasteiger partial charge < -0.3 is 20.5 Å². The molecule has 1 aromatic carbocycles. The highest BCUT2D eigenvalue weighted by Crippen LogP contribution is 2.28. The molecule has 5 nitrogen and oxygen atoms in total. The Morgan fingerprint density at radius 1 is 1.44 bits per heavy atom. The first-order chi connectivity index (χ1) is 7.67. The lowest BCUT2D eigenvalue weighted by atomic mass is 10.3. The van der Waals surface area contributed by atoms with Crippen molar-refractivity contribution in [3.63, 3.8) is 0 Å². The summed E-state index contributed by atoms with van der Waals surface area (Å²) in [5.41, 5.74) is 6.18. The van der Waals surface area contributed by atoms with Gasteiger partial charge >= 0.3 is 0 Å². The van der Waals surface area contributed by atoms with Gasteiger partial charge in [-0.1, -0.05) is 0 Å². The Labute approximate surface area is 94.5 Å². The molecule has 5 heteroatoms. The van der Waals surface area contributed by atoms with Gasteiger partial charge in [0, 0.05) is 18.3 Å². The lowest BCUT2D eigenvalue weighted by Crippen LogP contribution is -2.28. The molecule has 0 spiro atoms. The van der Waals surface area contributed by atoms with Crippen LogP contribution in [0.1, 0.15) is 6.92 Å². The van der Waals surface area contributed by atoms with Crippen LogP contribution in [0.4, 0.5) is 5.69 Å².